The van der Waals surface area contributed by atoms with E-state index in [4.69, 9.17) is 0 Å². The van der Waals surface area contributed by atoms with E-state index >= 15 is 0 Å². The van der Waals surface area contributed by atoms with Gasteiger partial charge in [0, 0.05) is 10.6 Å². The predicted molar refractivity (Wildman–Crippen MR) is 121 cm³/mol. The van der Waals surface area contributed by atoms with Gasteiger partial charge in [-0.2, -0.15) is 0 Å². The average Bonchev–Trinajstić information content (AvgIpc) is 3.05. The molecule has 1 atom stereocenters. The summed E-state index contributed by atoms with van der Waals surface area (Å²) in [4.78, 5) is 27.7. The number of carbonyl (C=O) groups excluding carboxylic acids is 1. The Labute approximate surface area is 180 Å². The van der Waals surface area contributed by atoms with Crippen molar-refractivity contribution in [2.24, 2.45) is 11.3 Å². The molecule has 0 spiro atoms. The first-order valence-corrected chi connectivity index (χ1v) is 11.2. The number of aryl methyl sites for hydroxylation is 3. The Kier molecular flexibility index (Phi) is 5.26. The fourth-order valence-corrected chi connectivity index (χ4v) is 5.53. The maximum absolute atomic E-state index is 13.1. The molecule has 2 aromatic heterocycles. The Hall–Kier alpha value is -2.54. The van der Waals surface area contributed by atoms with Gasteiger partial charge in [-0.05, 0) is 61.1 Å². The highest BCUT2D eigenvalue weighted by molar-refractivity contribution is 7.18. The minimum Gasteiger partial charge on any atom is -0.324 e. The molecular weight excluding hydrogens is 396 g/mol. The molecule has 7 heteroatoms. The summed E-state index contributed by atoms with van der Waals surface area (Å²) in [6, 6.07) is 5.85. The number of thiophene rings is 1. The van der Waals surface area contributed by atoms with Gasteiger partial charge in [0.25, 0.3) is 5.56 Å². The Bertz CT molecular complexity index is 1170. The molecule has 1 unspecified atom stereocenters. The van der Waals surface area contributed by atoms with E-state index in [2.05, 4.69) is 36.4 Å². The van der Waals surface area contributed by atoms with E-state index < -0.39 is 0 Å². The SMILES string of the molecule is Cc1cccc(C)c1NC(=O)Cn1nnc2sc3c(c2c1=O)CCC(C(C)(C)C)C3. The van der Waals surface area contributed by atoms with Crippen molar-refractivity contribution in [2.45, 2.75) is 60.4 Å². The Balaban J connectivity index is 1.62. The molecule has 6 nitrogen and oxygen atoms in total. The molecule has 158 valence electrons. The zero-order valence-corrected chi connectivity index (χ0v) is 19.0. The van der Waals surface area contributed by atoms with E-state index in [0.29, 0.717) is 16.1 Å². The average molecular weight is 425 g/mol. The molecular formula is C23H28N4O2S. The van der Waals surface area contributed by atoms with E-state index in [0.717, 1.165) is 41.6 Å². The molecule has 1 aliphatic carbocycles. The van der Waals surface area contributed by atoms with Crippen LogP contribution in [0.2, 0.25) is 0 Å². The van der Waals surface area contributed by atoms with Crippen LogP contribution in [-0.4, -0.2) is 20.9 Å². The van der Waals surface area contributed by atoms with Crippen molar-refractivity contribution in [1.29, 1.82) is 0 Å². The quantitative estimate of drug-likeness (QED) is 0.682. The van der Waals surface area contributed by atoms with Gasteiger partial charge in [-0.25, -0.2) is 4.68 Å². The lowest BCUT2D eigenvalue weighted by molar-refractivity contribution is -0.117. The summed E-state index contributed by atoms with van der Waals surface area (Å²) in [5.74, 6) is 0.316. The molecule has 0 radical (unpaired) electrons. The number of hydrogen-bond acceptors (Lipinski definition) is 5. The van der Waals surface area contributed by atoms with E-state index in [1.54, 1.807) is 11.3 Å². The van der Waals surface area contributed by atoms with Gasteiger partial charge < -0.3 is 5.32 Å². The highest BCUT2D eigenvalue weighted by Gasteiger charge is 2.32. The smallest absolute Gasteiger partial charge is 0.279 e. The minimum atomic E-state index is -0.278. The second kappa shape index (κ2) is 7.61. The van der Waals surface area contributed by atoms with Crippen molar-refractivity contribution in [3.05, 3.63) is 50.1 Å². The first-order valence-electron chi connectivity index (χ1n) is 10.4. The normalized spacial score (nSPS) is 16.5. The number of amides is 1. The number of anilines is 1. The molecule has 0 bridgehead atoms. The maximum Gasteiger partial charge on any atom is 0.279 e. The summed E-state index contributed by atoms with van der Waals surface area (Å²) in [5, 5.41) is 11.9. The van der Waals surface area contributed by atoms with Crippen LogP contribution in [0.5, 0.6) is 0 Å². The number of fused-ring (bicyclic) bond motifs is 3. The molecule has 1 N–H and O–H groups in total. The maximum atomic E-state index is 13.1. The first kappa shape index (κ1) is 20.7. The number of aromatic nitrogens is 3. The Morgan fingerprint density at radius 1 is 1.27 bits per heavy atom. The molecule has 0 saturated heterocycles. The molecule has 4 rings (SSSR count). The van der Waals surface area contributed by atoms with Gasteiger partial charge in [0.2, 0.25) is 5.91 Å². The number of carbonyl (C=O) groups is 1. The third-order valence-electron chi connectivity index (χ3n) is 6.20. The molecule has 1 aromatic carbocycles. The summed E-state index contributed by atoms with van der Waals surface area (Å²) >= 11 is 1.58. The van der Waals surface area contributed by atoms with Crippen molar-refractivity contribution in [3.63, 3.8) is 0 Å². The van der Waals surface area contributed by atoms with E-state index in [9.17, 15) is 9.59 Å². The second-order valence-corrected chi connectivity index (χ2v) is 10.4. The number of nitrogens with zero attached hydrogens (tertiary/aromatic N) is 3. The second-order valence-electron chi connectivity index (χ2n) is 9.36. The third-order valence-corrected chi connectivity index (χ3v) is 7.34. The zero-order chi connectivity index (χ0) is 21.6. The molecule has 1 amide bonds. The van der Waals surface area contributed by atoms with Gasteiger partial charge in [-0.15, -0.1) is 16.4 Å². The van der Waals surface area contributed by atoms with Crippen LogP contribution in [0, 0.1) is 25.2 Å². The highest BCUT2D eigenvalue weighted by Crippen LogP contribution is 2.41. The van der Waals surface area contributed by atoms with Crippen molar-refractivity contribution in [1.82, 2.24) is 15.0 Å². The number of benzene rings is 1. The van der Waals surface area contributed by atoms with Crippen molar-refractivity contribution in [3.8, 4) is 0 Å². The molecule has 0 saturated carbocycles. The summed E-state index contributed by atoms with van der Waals surface area (Å²) in [6.45, 7) is 10.6. The van der Waals surface area contributed by atoms with Crippen LogP contribution < -0.4 is 10.9 Å². The van der Waals surface area contributed by atoms with Crippen LogP contribution in [0.3, 0.4) is 0 Å². The summed E-state index contributed by atoms with van der Waals surface area (Å²) in [5.41, 5.74) is 3.88. The topological polar surface area (TPSA) is 76.9 Å². The van der Waals surface area contributed by atoms with Crippen molar-refractivity contribution in [2.75, 3.05) is 5.32 Å². The van der Waals surface area contributed by atoms with Gasteiger partial charge in [-0.1, -0.05) is 44.2 Å². The minimum absolute atomic E-state index is 0.148. The van der Waals surface area contributed by atoms with E-state index in [1.165, 1.54) is 9.56 Å². The number of nitrogens with one attached hydrogen (secondary N) is 1. The Morgan fingerprint density at radius 2 is 1.97 bits per heavy atom. The Morgan fingerprint density at radius 3 is 2.63 bits per heavy atom. The van der Waals surface area contributed by atoms with Crippen LogP contribution in [0.1, 0.15) is 48.8 Å². The predicted octanol–water partition coefficient (Wildman–Crippen LogP) is 4.26. The summed E-state index contributed by atoms with van der Waals surface area (Å²) < 4.78 is 1.19. The highest BCUT2D eigenvalue weighted by atomic mass is 32.1. The molecule has 3 aromatic rings. The number of rotatable bonds is 3. The van der Waals surface area contributed by atoms with E-state index in [-0.39, 0.29) is 23.4 Å². The van der Waals surface area contributed by atoms with Crippen LogP contribution in [-0.2, 0) is 24.2 Å². The molecule has 0 aliphatic heterocycles. The van der Waals surface area contributed by atoms with E-state index in [1.807, 2.05) is 32.0 Å². The molecule has 1 aliphatic rings. The molecule has 0 fully saturated rings. The van der Waals surface area contributed by atoms with Crippen LogP contribution in [0.25, 0.3) is 10.2 Å². The lowest BCUT2D eigenvalue weighted by Crippen LogP contribution is -2.31. The van der Waals surface area contributed by atoms with Gasteiger partial charge >= 0.3 is 0 Å². The first-order chi connectivity index (χ1) is 14.1. The fraction of sp³-hybridized carbons (Fsp3) is 0.478. The van der Waals surface area contributed by atoms with Gasteiger partial charge in [0.15, 0.2) is 4.83 Å². The molecule has 2 heterocycles. The van der Waals surface area contributed by atoms with Gasteiger partial charge in [0.05, 0.1) is 5.39 Å². The van der Waals surface area contributed by atoms with Gasteiger partial charge in [0.1, 0.15) is 6.54 Å². The lowest BCUT2D eigenvalue weighted by Gasteiger charge is -2.33. The summed E-state index contributed by atoms with van der Waals surface area (Å²) in [7, 11) is 0. The monoisotopic (exact) mass is 424 g/mol. The number of hydrogen-bond donors (Lipinski definition) is 1. The van der Waals surface area contributed by atoms with Crippen molar-refractivity contribution >= 4 is 33.1 Å². The fourth-order valence-electron chi connectivity index (χ4n) is 4.30. The van der Waals surface area contributed by atoms with Crippen molar-refractivity contribution < 1.29 is 4.79 Å². The number of para-hydroxylation sites is 1. The van der Waals surface area contributed by atoms with Crippen LogP contribution >= 0.6 is 11.3 Å². The molecule has 30 heavy (non-hydrogen) atoms. The third kappa shape index (κ3) is 3.78. The van der Waals surface area contributed by atoms with Crippen LogP contribution in [0.15, 0.2) is 23.0 Å². The lowest BCUT2D eigenvalue weighted by atomic mass is 9.72. The summed E-state index contributed by atoms with van der Waals surface area (Å²) in [6.07, 6.45) is 2.93. The van der Waals surface area contributed by atoms with Crippen LogP contribution in [0.4, 0.5) is 5.69 Å². The van der Waals surface area contributed by atoms with Gasteiger partial charge in [-0.3, -0.25) is 9.59 Å². The largest absolute Gasteiger partial charge is 0.324 e. The zero-order valence-electron chi connectivity index (χ0n) is 18.2. The standard InChI is InChI=1S/C23H28N4O2S/c1-13-7-6-8-14(2)20(13)24-18(28)12-27-22(29)19-16-10-9-15(23(3,4)5)11-17(16)30-21(19)25-26-27/h6-8,15H,9-12H2,1-5H3,(H,24,28).